The molecule has 0 aliphatic carbocycles. The number of rotatable bonds is 9. The molecule has 0 radical (unpaired) electrons. The number of aliphatic imine (C=N–C) groups is 1. The highest BCUT2D eigenvalue weighted by Gasteiger charge is 2.25. The minimum atomic E-state index is 0. The second kappa shape index (κ2) is 14.2. The number of hydrogen-bond donors (Lipinski definition) is 1. The molecular weight excluding hydrogens is 487 g/mol. The lowest BCUT2D eigenvalue weighted by atomic mass is 10.0. The van der Waals surface area contributed by atoms with E-state index in [1.165, 1.54) is 57.3 Å². The van der Waals surface area contributed by atoms with E-state index in [1.54, 1.807) is 0 Å². The predicted octanol–water partition coefficient (Wildman–Crippen LogP) is 4.23. The molecule has 0 amide bonds. The Balaban J connectivity index is 0.00000320. The van der Waals surface area contributed by atoms with Crippen LogP contribution in [-0.2, 0) is 11.3 Å². The molecule has 0 aromatic heterocycles. The highest BCUT2D eigenvalue weighted by atomic mass is 127. The highest BCUT2D eigenvalue weighted by Crippen LogP contribution is 2.18. The van der Waals surface area contributed by atoms with Gasteiger partial charge in [-0.15, -0.1) is 24.0 Å². The summed E-state index contributed by atoms with van der Waals surface area (Å²) >= 11 is 0. The topological polar surface area (TPSA) is 40.1 Å². The summed E-state index contributed by atoms with van der Waals surface area (Å²) in [4.78, 5) is 9.54. The lowest BCUT2D eigenvalue weighted by Gasteiger charge is -2.30. The smallest absolute Gasteiger partial charge is 0.193 e. The predicted molar refractivity (Wildman–Crippen MR) is 137 cm³/mol. The summed E-state index contributed by atoms with van der Waals surface area (Å²) in [6.07, 6.45) is 6.44. The average Bonchev–Trinajstić information content (AvgIpc) is 3.20. The van der Waals surface area contributed by atoms with Crippen LogP contribution in [0.4, 0.5) is 0 Å². The first-order valence-electron chi connectivity index (χ1n) is 11.5. The molecule has 30 heavy (non-hydrogen) atoms. The molecule has 2 fully saturated rings. The van der Waals surface area contributed by atoms with Crippen molar-refractivity contribution >= 4 is 29.9 Å². The van der Waals surface area contributed by atoms with E-state index in [2.05, 4.69) is 51.3 Å². The lowest BCUT2D eigenvalue weighted by molar-refractivity contribution is 0.0907. The van der Waals surface area contributed by atoms with E-state index in [0.717, 1.165) is 38.1 Å². The van der Waals surface area contributed by atoms with E-state index in [0.29, 0.717) is 12.5 Å². The van der Waals surface area contributed by atoms with Gasteiger partial charge in [-0.2, -0.15) is 0 Å². The van der Waals surface area contributed by atoms with E-state index in [-0.39, 0.29) is 24.0 Å². The van der Waals surface area contributed by atoms with Gasteiger partial charge in [0.15, 0.2) is 5.96 Å². The standard InChI is InChI=1S/C24H40N4O.HI/c1-21-9-8-15-27(17-21)14-7-6-13-26-24(25-2)28-16-12-23(18-28)20-29-19-22-10-4-3-5-11-22;/h3-5,10-11,21,23H,6-9,12-20H2,1-2H3,(H,25,26);1H. The fraction of sp³-hybridized carbons (Fsp3) is 0.708. The van der Waals surface area contributed by atoms with Gasteiger partial charge in [-0.3, -0.25) is 4.99 Å². The summed E-state index contributed by atoms with van der Waals surface area (Å²) in [6, 6.07) is 10.4. The molecule has 2 aliphatic rings. The van der Waals surface area contributed by atoms with Crippen molar-refractivity contribution in [3.05, 3.63) is 35.9 Å². The first kappa shape index (κ1) is 25.4. The molecule has 1 N–H and O–H groups in total. The van der Waals surface area contributed by atoms with Gasteiger partial charge in [0.25, 0.3) is 0 Å². The Labute approximate surface area is 200 Å². The monoisotopic (exact) mass is 528 g/mol. The molecule has 0 spiro atoms. The van der Waals surface area contributed by atoms with Gasteiger partial charge in [-0.25, -0.2) is 0 Å². The fourth-order valence-corrected chi connectivity index (χ4v) is 4.56. The fourth-order valence-electron chi connectivity index (χ4n) is 4.56. The van der Waals surface area contributed by atoms with Gasteiger partial charge in [0, 0.05) is 39.1 Å². The molecule has 2 saturated heterocycles. The van der Waals surface area contributed by atoms with Crippen LogP contribution in [0.1, 0.15) is 44.6 Å². The molecule has 2 aliphatic heterocycles. The molecule has 1 aromatic carbocycles. The van der Waals surface area contributed by atoms with Gasteiger partial charge in [0.05, 0.1) is 13.2 Å². The number of nitrogens with one attached hydrogen (secondary N) is 1. The molecule has 170 valence electrons. The molecule has 6 heteroatoms. The second-order valence-corrected chi connectivity index (χ2v) is 8.83. The number of unbranched alkanes of at least 4 members (excludes halogenated alkanes) is 1. The first-order chi connectivity index (χ1) is 14.2. The maximum absolute atomic E-state index is 5.95. The molecule has 2 unspecified atom stereocenters. The minimum Gasteiger partial charge on any atom is -0.376 e. The second-order valence-electron chi connectivity index (χ2n) is 8.83. The molecule has 2 atom stereocenters. The van der Waals surface area contributed by atoms with Crippen LogP contribution >= 0.6 is 24.0 Å². The van der Waals surface area contributed by atoms with E-state index in [9.17, 15) is 0 Å². The SMILES string of the molecule is CN=C(NCCCCN1CCCC(C)C1)N1CCC(COCc2ccccc2)C1.I. The number of guanidine groups is 1. The third kappa shape index (κ3) is 8.71. The maximum Gasteiger partial charge on any atom is 0.193 e. The molecule has 0 bridgehead atoms. The van der Waals surface area contributed by atoms with Crippen LogP contribution in [0.15, 0.2) is 35.3 Å². The van der Waals surface area contributed by atoms with E-state index in [1.807, 2.05) is 13.1 Å². The Morgan fingerprint density at radius 1 is 1.13 bits per heavy atom. The summed E-state index contributed by atoms with van der Waals surface area (Å²) in [5, 5.41) is 3.58. The number of hydrogen-bond acceptors (Lipinski definition) is 3. The normalized spacial score (nSPS) is 22.7. The van der Waals surface area contributed by atoms with Crippen LogP contribution in [0.2, 0.25) is 0 Å². The van der Waals surface area contributed by atoms with E-state index in [4.69, 9.17) is 4.74 Å². The Morgan fingerprint density at radius 2 is 1.97 bits per heavy atom. The zero-order valence-electron chi connectivity index (χ0n) is 18.9. The summed E-state index contributed by atoms with van der Waals surface area (Å²) in [5.74, 6) is 2.53. The van der Waals surface area contributed by atoms with Gasteiger partial charge in [0.2, 0.25) is 0 Å². The summed E-state index contributed by atoms with van der Waals surface area (Å²) in [7, 11) is 1.90. The molecule has 3 rings (SSSR count). The van der Waals surface area contributed by atoms with Crippen LogP contribution < -0.4 is 5.32 Å². The molecule has 2 heterocycles. The summed E-state index contributed by atoms with van der Waals surface area (Å²) in [6.45, 7) is 10.9. The summed E-state index contributed by atoms with van der Waals surface area (Å²) in [5.41, 5.74) is 1.25. The Bertz CT molecular complexity index is 612. The van der Waals surface area contributed by atoms with Crippen LogP contribution in [0.3, 0.4) is 0 Å². The third-order valence-electron chi connectivity index (χ3n) is 6.19. The lowest BCUT2D eigenvalue weighted by Crippen LogP contribution is -2.41. The van der Waals surface area contributed by atoms with Gasteiger partial charge in [-0.05, 0) is 56.7 Å². The van der Waals surface area contributed by atoms with Crippen LogP contribution in [0.5, 0.6) is 0 Å². The van der Waals surface area contributed by atoms with E-state index < -0.39 is 0 Å². The molecule has 0 saturated carbocycles. The van der Waals surface area contributed by atoms with Crippen molar-refractivity contribution < 1.29 is 4.74 Å². The first-order valence-corrected chi connectivity index (χ1v) is 11.5. The van der Waals surface area contributed by atoms with Crippen molar-refractivity contribution in [2.75, 3.05) is 52.9 Å². The zero-order valence-corrected chi connectivity index (χ0v) is 21.2. The average molecular weight is 529 g/mol. The number of nitrogens with zero attached hydrogens (tertiary/aromatic N) is 3. The van der Waals surface area contributed by atoms with Gasteiger partial charge in [-0.1, -0.05) is 37.3 Å². The quantitative estimate of drug-likeness (QED) is 0.226. The molecule has 5 nitrogen and oxygen atoms in total. The highest BCUT2D eigenvalue weighted by molar-refractivity contribution is 14.0. The van der Waals surface area contributed by atoms with Crippen LogP contribution in [0.25, 0.3) is 0 Å². The number of benzene rings is 1. The van der Waals surface area contributed by atoms with E-state index >= 15 is 0 Å². The van der Waals surface area contributed by atoms with Crippen molar-refractivity contribution in [1.29, 1.82) is 0 Å². The molecular formula is C24H41IN4O. The van der Waals surface area contributed by atoms with Gasteiger partial charge < -0.3 is 19.9 Å². The number of halogens is 1. The van der Waals surface area contributed by atoms with Crippen molar-refractivity contribution in [3.63, 3.8) is 0 Å². The number of likely N-dealkylation sites (tertiary alicyclic amines) is 2. The minimum absolute atomic E-state index is 0. The van der Waals surface area contributed by atoms with Crippen LogP contribution in [0, 0.1) is 11.8 Å². The van der Waals surface area contributed by atoms with Crippen molar-refractivity contribution in [2.45, 2.75) is 45.6 Å². The van der Waals surface area contributed by atoms with Crippen molar-refractivity contribution in [2.24, 2.45) is 16.8 Å². The number of ether oxygens (including phenoxy) is 1. The Morgan fingerprint density at radius 3 is 2.73 bits per heavy atom. The van der Waals surface area contributed by atoms with Gasteiger partial charge in [0.1, 0.15) is 0 Å². The zero-order chi connectivity index (χ0) is 20.3. The Kier molecular flexibility index (Phi) is 12.1. The van der Waals surface area contributed by atoms with Crippen molar-refractivity contribution in [3.8, 4) is 0 Å². The Hall–Kier alpha value is -0.860. The summed E-state index contributed by atoms with van der Waals surface area (Å²) < 4.78 is 5.95. The third-order valence-corrected chi connectivity index (χ3v) is 6.19. The molecule has 1 aromatic rings. The largest absolute Gasteiger partial charge is 0.376 e. The number of piperidine rings is 1. The maximum atomic E-state index is 5.95. The van der Waals surface area contributed by atoms with Crippen LogP contribution in [-0.4, -0.2) is 68.7 Å². The van der Waals surface area contributed by atoms with Gasteiger partial charge >= 0.3 is 0 Å². The van der Waals surface area contributed by atoms with Crippen molar-refractivity contribution in [1.82, 2.24) is 15.1 Å².